The Kier molecular flexibility index (Phi) is 10.3. The normalized spacial score (nSPS) is 19.7. The molecule has 0 spiro atoms. The topological polar surface area (TPSA) is 136 Å². The van der Waals surface area contributed by atoms with E-state index in [0.29, 0.717) is 31.8 Å². The van der Waals surface area contributed by atoms with Gasteiger partial charge in [0.15, 0.2) is 0 Å². The predicted molar refractivity (Wildman–Crippen MR) is 102 cm³/mol. The number of halogens is 3. The summed E-state index contributed by atoms with van der Waals surface area (Å²) in [6.07, 6.45) is 2.75. The Balaban J connectivity index is 0.000000592. The second-order valence-electron chi connectivity index (χ2n) is 7.37. The molecule has 4 N–H and O–H groups in total. The number of carbonyl (C=O) groups excluding carboxylic acids is 2. The lowest BCUT2D eigenvalue weighted by atomic mass is 9.94. The van der Waals surface area contributed by atoms with Gasteiger partial charge in [-0.2, -0.15) is 13.2 Å². The summed E-state index contributed by atoms with van der Waals surface area (Å²) in [5.74, 6) is -1.43. The number of likely N-dealkylation sites (tertiary alicyclic amines) is 1. The van der Waals surface area contributed by atoms with E-state index in [4.69, 9.17) is 21.4 Å². The van der Waals surface area contributed by atoms with Crippen molar-refractivity contribution in [1.82, 2.24) is 15.5 Å². The standard InChI is InChI=1S/C17H25N3O4.C2HF3O2/c1-2-14(8-16(22)23)19-17(24)13-4-3-7-20(11-13)15(21)6-5-12-9-18-10-12;3-2(4,5)1(6)7/h1,12-14,18H,3-11H2,(H,19,24)(H,22,23);(H,6,7)/t13-,14-;/m1./s1. The Morgan fingerprint density at radius 3 is 2.29 bits per heavy atom. The third-order valence-corrected chi connectivity index (χ3v) is 4.92. The zero-order valence-corrected chi connectivity index (χ0v) is 16.8. The van der Waals surface area contributed by atoms with Gasteiger partial charge in [-0.05, 0) is 38.3 Å². The Labute approximate surface area is 177 Å². The van der Waals surface area contributed by atoms with E-state index in [1.165, 1.54) is 0 Å². The summed E-state index contributed by atoms with van der Waals surface area (Å²) < 4.78 is 31.7. The van der Waals surface area contributed by atoms with Crippen LogP contribution in [0.4, 0.5) is 13.2 Å². The van der Waals surface area contributed by atoms with Crippen molar-refractivity contribution in [3.05, 3.63) is 0 Å². The molecule has 2 aliphatic rings. The first-order valence-electron chi connectivity index (χ1n) is 9.71. The molecule has 2 heterocycles. The molecule has 9 nitrogen and oxygen atoms in total. The molecule has 31 heavy (non-hydrogen) atoms. The van der Waals surface area contributed by atoms with Crippen LogP contribution in [0, 0.1) is 24.2 Å². The number of aliphatic carboxylic acids is 2. The van der Waals surface area contributed by atoms with Crippen LogP contribution in [0.15, 0.2) is 0 Å². The molecule has 0 bridgehead atoms. The summed E-state index contributed by atoms with van der Waals surface area (Å²) in [5, 5.41) is 21.7. The number of hydrogen-bond acceptors (Lipinski definition) is 5. The first-order valence-corrected chi connectivity index (χ1v) is 9.71. The van der Waals surface area contributed by atoms with Gasteiger partial charge in [0.05, 0.1) is 12.3 Å². The number of alkyl halides is 3. The molecule has 0 aromatic carbocycles. The van der Waals surface area contributed by atoms with Crippen LogP contribution in [0.2, 0.25) is 0 Å². The average Bonchev–Trinajstić information content (AvgIpc) is 2.65. The maximum Gasteiger partial charge on any atom is 0.490 e. The van der Waals surface area contributed by atoms with Crippen molar-refractivity contribution in [3.63, 3.8) is 0 Å². The van der Waals surface area contributed by atoms with Gasteiger partial charge in [0.1, 0.15) is 6.04 Å². The summed E-state index contributed by atoms with van der Waals surface area (Å²) in [7, 11) is 0. The molecule has 0 saturated carbocycles. The molecule has 2 atom stereocenters. The molecule has 0 aliphatic carbocycles. The number of hydrogen-bond donors (Lipinski definition) is 4. The summed E-state index contributed by atoms with van der Waals surface area (Å²) in [4.78, 5) is 46.0. The maximum absolute atomic E-state index is 12.3. The van der Waals surface area contributed by atoms with Gasteiger partial charge in [0.25, 0.3) is 0 Å². The quantitative estimate of drug-likeness (QED) is 0.415. The van der Waals surface area contributed by atoms with Crippen molar-refractivity contribution >= 4 is 23.8 Å². The molecule has 0 radical (unpaired) electrons. The molecule has 2 fully saturated rings. The second kappa shape index (κ2) is 12.1. The zero-order valence-electron chi connectivity index (χ0n) is 16.8. The molecule has 2 aliphatic heterocycles. The van der Waals surface area contributed by atoms with Gasteiger partial charge in [-0.1, -0.05) is 5.92 Å². The van der Waals surface area contributed by atoms with E-state index in [0.717, 1.165) is 25.9 Å². The van der Waals surface area contributed by atoms with Crippen LogP contribution in [-0.4, -0.2) is 77.3 Å². The van der Waals surface area contributed by atoms with Crippen LogP contribution in [-0.2, 0) is 19.2 Å². The van der Waals surface area contributed by atoms with Crippen molar-refractivity contribution in [2.45, 2.75) is 44.3 Å². The van der Waals surface area contributed by atoms with Gasteiger partial charge in [0, 0.05) is 19.5 Å². The highest BCUT2D eigenvalue weighted by Crippen LogP contribution is 2.20. The van der Waals surface area contributed by atoms with Crippen LogP contribution in [0.1, 0.15) is 32.1 Å². The van der Waals surface area contributed by atoms with E-state index in [-0.39, 0.29) is 24.2 Å². The van der Waals surface area contributed by atoms with Crippen LogP contribution in [0.25, 0.3) is 0 Å². The van der Waals surface area contributed by atoms with E-state index in [9.17, 15) is 27.6 Å². The maximum atomic E-state index is 12.3. The van der Waals surface area contributed by atoms with Gasteiger partial charge >= 0.3 is 18.1 Å². The van der Waals surface area contributed by atoms with E-state index in [1.807, 2.05) is 0 Å². The fourth-order valence-electron chi connectivity index (χ4n) is 3.07. The van der Waals surface area contributed by atoms with Crippen molar-refractivity contribution in [2.75, 3.05) is 26.2 Å². The van der Waals surface area contributed by atoms with E-state index in [1.54, 1.807) is 4.90 Å². The molecule has 0 aromatic rings. The molecule has 2 amide bonds. The molecule has 0 unspecified atom stereocenters. The largest absolute Gasteiger partial charge is 0.490 e. The van der Waals surface area contributed by atoms with E-state index in [2.05, 4.69) is 16.6 Å². The van der Waals surface area contributed by atoms with Gasteiger partial charge in [-0.15, -0.1) is 6.42 Å². The fraction of sp³-hybridized carbons (Fsp3) is 0.684. The van der Waals surface area contributed by atoms with Gasteiger partial charge in [-0.3, -0.25) is 14.4 Å². The molecular formula is C19H26F3N3O6. The molecular weight excluding hydrogens is 423 g/mol. The number of amides is 2. The van der Waals surface area contributed by atoms with Gasteiger partial charge in [-0.25, -0.2) is 4.79 Å². The summed E-state index contributed by atoms with van der Waals surface area (Å²) >= 11 is 0. The minimum Gasteiger partial charge on any atom is -0.481 e. The van der Waals surface area contributed by atoms with Gasteiger partial charge < -0.3 is 25.7 Å². The molecule has 12 heteroatoms. The fourth-order valence-corrected chi connectivity index (χ4v) is 3.07. The molecule has 2 saturated heterocycles. The molecule has 174 valence electrons. The average molecular weight is 449 g/mol. The summed E-state index contributed by atoms with van der Waals surface area (Å²) in [6, 6.07) is -0.813. The Morgan fingerprint density at radius 1 is 1.23 bits per heavy atom. The highest BCUT2D eigenvalue weighted by atomic mass is 19.4. The smallest absolute Gasteiger partial charge is 0.481 e. The highest BCUT2D eigenvalue weighted by Gasteiger charge is 2.38. The first kappa shape index (κ1) is 26.2. The Morgan fingerprint density at radius 2 is 1.84 bits per heavy atom. The third kappa shape index (κ3) is 9.69. The van der Waals surface area contributed by atoms with Crippen LogP contribution >= 0.6 is 0 Å². The van der Waals surface area contributed by atoms with Crippen molar-refractivity contribution in [2.24, 2.45) is 11.8 Å². The SMILES string of the molecule is C#C[C@H](CC(=O)O)NC(=O)[C@@H]1CCCN(C(=O)CCC2CNC2)C1.O=C(O)C(F)(F)F. The predicted octanol–water partition coefficient (Wildman–Crippen LogP) is 0.451. The minimum absolute atomic E-state index is 0.0958. The number of carboxylic acid groups (broad SMARTS) is 2. The van der Waals surface area contributed by atoms with Crippen molar-refractivity contribution < 1.29 is 42.6 Å². The van der Waals surface area contributed by atoms with Crippen LogP contribution in [0.5, 0.6) is 0 Å². The second-order valence-corrected chi connectivity index (χ2v) is 7.37. The summed E-state index contributed by atoms with van der Waals surface area (Å²) in [5.41, 5.74) is 0. The number of rotatable bonds is 7. The number of piperidine rings is 1. The highest BCUT2D eigenvalue weighted by molar-refractivity contribution is 5.82. The number of carbonyl (C=O) groups is 4. The number of nitrogens with one attached hydrogen (secondary N) is 2. The van der Waals surface area contributed by atoms with Crippen LogP contribution < -0.4 is 10.6 Å². The number of terminal acetylenes is 1. The third-order valence-electron chi connectivity index (χ3n) is 4.92. The minimum atomic E-state index is -5.08. The van der Waals surface area contributed by atoms with E-state index >= 15 is 0 Å². The van der Waals surface area contributed by atoms with Crippen molar-refractivity contribution in [3.8, 4) is 12.3 Å². The number of carboxylic acids is 2. The molecule has 2 rings (SSSR count). The Bertz CT molecular complexity index is 703. The van der Waals surface area contributed by atoms with E-state index < -0.39 is 24.2 Å². The first-order chi connectivity index (χ1) is 14.4. The Hall–Kier alpha value is -2.81. The summed E-state index contributed by atoms with van der Waals surface area (Å²) in [6.45, 7) is 3.03. The van der Waals surface area contributed by atoms with Crippen LogP contribution in [0.3, 0.4) is 0 Å². The monoisotopic (exact) mass is 449 g/mol. The lowest BCUT2D eigenvalue weighted by molar-refractivity contribution is -0.192. The molecule has 0 aromatic heterocycles. The zero-order chi connectivity index (χ0) is 23.6. The lowest BCUT2D eigenvalue weighted by Gasteiger charge is -2.33. The van der Waals surface area contributed by atoms with Gasteiger partial charge in [0.2, 0.25) is 11.8 Å². The lowest BCUT2D eigenvalue weighted by Crippen LogP contribution is -2.48. The number of nitrogens with zero attached hydrogens (tertiary/aromatic N) is 1. The van der Waals surface area contributed by atoms with Crippen molar-refractivity contribution in [1.29, 1.82) is 0 Å².